The minimum atomic E-state index is -0.657. The number of nitro benzene ring substituents is 1. The fourth-order valence-electron chi connectivity index (χ4n) is 7.47. The Hall–Kier alpha value is -4.59. The lowest BCUT2D eigenvalue weighted by molar-refractivity contribution is -0.384. The van der Waals surface area contributed by atoms with Crippen LogP contribution in [0.3, 0.4) is 0 Å². The first-order valence-electron chi connectivity index (χ1n) is 12.6. The van der Waals surface area contributed by atoms with Crippen molar-refractivity contribution in [1.29, 1.82) is 0 Å². The lowest BCUT2D eigenvalue weighted by Gasteiger charge is -2.59. The van der Waals surface area contributed by atoms with Crippen LogP contribution in [0, 0.1) is 22.0 Å². The zero-order valence-electron chi connectivity index (χ0n) is 20.2. The smallest absolute Gasteiger partial charge is 0.330 e. The van der Waals surface area contributed by atoms with Gasteiger partial charge in [-0.25, -0.2) is 4.79 Å². The summed E-state index contributed by atoms with van der Waals surface area (Å²) in [4.78, 5) is 51.2. The Kier molecular flexibility index (Phi) is 4.73. The van der Waals surface area contributed by atoms with Gasteiger partial charge >= 0.3 is 5.97 Å². The molecule has 3 aliphatic carbocycles. The van der Waals surface area contributed by atoms with E-state index in [1.165, 1.54) is 46.4 Å². The highest BCUT2D eigenvalue weighted by Crippen LogP contribution is 2.80. The summed E-state index contributed by atoms with van der Waals surface area (Å²) < 4.78 is 5.25. The Morgan fingerprint density at radius 3 is 2.13 bits per heavy atom. The fourth-order valence-corrected chi connectivity index (χ4v) is 7.47. The van der Waals surface area contributed by atoms with Gasteiger partial charge in [0, 0.05) is 35.5 Å². The third-order valence-corrected chi connectivity index (χ3v) is 8.72. The van der Waals surface area contributed by atoms with Crippen molar-refractivity contribution in [3.8, 4) is 0 Å². The minimum absolute atomic E-state index is 0.00319. The molecule has 2 fully saturated rings. The summed E-state index contributed by atoms with van der Waals surface area (Å²) in [6.07, 6.45) is 2.60. The molecule has 38 heavy (non-hydrogen) atoms. The molecule has 8 nitrogen and oxygen atoms in total. The average molecular weight is 507 g/mol. The molecule has 1 saturated carbocycles. The number of hydrogen-bond donors (Lipinski definition) is 0. The van der Waals surface area contributed by atoms with E-state index in [2.05, 4.69) is 24.3 Å². The van der Waals surface area contributed by atoms with E-state index >= 15 is 0 Å². The first-order valence-corrected chi connectivity index (χ1v) is 12.6. The summed E-state index contributed by atoms with van der Waals surface area (Å²) in [5.74, 6) is -1.92. The third kappa shape index (κ3) is 2.77. The zero-order chi connectivity index (χ0) is 26.2. The fraction of sp³-hybridized carbons (Fsp3) is 0.233. The third-order valence-electron chi connectivity index (χ3n) is 8.72. The quantitative estimate of drug-likeness (QED) is 0.165. The maximum atomic E-state index is 13.6. The predicted molar refractivity (Wildman–Crippen MR) is 136 cm³/mol. The van der Waals surface area contributed by atoms with E-state index in [1.807, 2.05) is 24.3 Å². The van der Waals surface area contributed by atoms with Crippen LogP contribution in [0.2, 0.25) is 0 Å². The average Bonchev–Trinajstić information content (AvgIpc) is 3.28. The van der Waals surface area contributed by atoms with E-state index in [-0.39, 0.29) is 47.9 Å². The molecule has 7 rings (SSSR count). The normalized spacial score (nSPS) is 27.5. The summed E-state index contributed by atoms with van der Waals surface area (Å²) in [5, 5.41) is 10.9. The number of imide groups is 1. The van der Waals surface area contributed by atoms with Crippen molar-refractivity contribution in [2.75, 3.05) is 13.2 Å². The predicted octanol–water partition coefficient (Wildman–Crippen LogP) is 3.95. The Bertz CT molecular complexity index is 1520. The topological polar surface area (TPSA) is 107 Å². The van der Waals surface area contributed by atoms with Crippen molar-refractivity contribution in [2.24, 2.45) is 11.8 Å². The molecule has 1 saturated heterocycles. The van der Waals surface area contributed by atoms with Crippen molar-refractivity contribution in [3.05, 3.63) is 117 Å². The Balaban J connectivity index is 1.07. The van der Waals surface area contributed by atoms with Crippen LogP contribution in [0.25, 0.3) is 6.08 Å². The first kappa shape index (κ1) is 22.6. The molecule has 1 spiro atoms. The second-order valence-electron chi connectivity index (χ2n) is 10.2. The van der Waals surface area contributed by atoms with Gasteiger partial charge in [0.1, 0.15) is 6.61 Å². The molecule has 3 aromatic carbocycles. The van der Waals surface area contributed by atoms with Gasteiger partial charge in [-0.2, -0.15) is 0 Å². The van der Waals surface area contributed by atoms with Crippen LogP contribution >= 0.6 is 0 Å². The number of nitrogens with zero attached hydrogens (tertiary/aromatic N) is 2. The maximum absolute atomic E-state index is 13.6. The number of fused-ring (bicyclic) bond motifs is 7. The van der Waals surface area contributed by atoms with Crippen molar-refractivity contribution in [3.63, 3.8) is 0 Å². The Morgan fingerprint density at radius 1 is 0.921 bits per heavy atom. The molecule has 1 aliphatic heterocycles. The van der Waals surface area contributed by atoms with Crippen LogP contribution in [0.15, 0.2) is 78.9 Å². The second kappa shape index (κ2) is 7.95. The summed E-state index contributed by atoms with van der Waals surface area (Å²) in [5.41, 5.74) is 4.92. The molecular formula is C30H22N2O6. The van der Waals surface area contributed by atoms with Gasteiger partial charge in [-0.05, 0) is 33.9 Å². The Labute approximate surface area is 217 Å². The van der Waals surface area contributed by atoms with Gasteiger partial charge in [-0.15, -0.1) is 0 Å². The molecular weight excluding hydrogens is 484 g/mol. The highest BCUT2D eigenvalue weighted by molar-refractivity contribution is 6.08. The molecule has 0 aromatic heterocycles. The van der Waals surface area contributed by atoms with Gasteiger partial charge in [0.05, 0.1) is 23.3 Å². The lowest BCUT2D eigenvalue weighted by Crippen LogP contribution is -2.55. The standard InChI is InChI=1S/C30H22N2O6/c33-23(13-12-17-6-5-7-18(16-17)32(36)37)38-15-14-31-28(34)24-25(29(31)35)27-20-9-2-4-11-22(20)30(27)21-10-3-1-8-19(21)26(24)30/h1-13,16,24-27H,14-15H2. The van der Waals surface area contributed by atoms with Crippen LogP contribution in [-0.2, 0) is 24.5 Å². The number of amides is 2. The molecule has 0 radical (unpaired) electrons. The summed E-state index contributed by atoms with van der Waals surface area (Å²) in [6, 6.07) is 22.3. The number of nitro groups is 1. The SMILES string of the molecule is O=C(C=Cc1cccc([N+](=O)[O-])c1)OCCN1C(=O)C2C(C1=O)C1c3ccccc3C13c1ccccc1C23. The highest BCUT2D eigenvalue weighted by Gasteiger charge is 2.78. The summed E-state index contributed by atoms with van der Waals surface area (Å²) in [6.45, 7) is -0.126. The maximum Gasteiger partial charge on any atom is 0.330 e. The van der Waals surface area contributed by atoms with E-state index in [1.54, 1.807) is 6.07 Å². The number of rotatable bonds is 6. The molecule has 2 amide bonds. The van der Waals surface area contributed by atoms with Gasteiger partial charge in [0.15, 0.2) is 0 Å². The second-order valence-corrected chi connectivity index (χ2v) is 10.2. The van der Waals surface area contributed by atoms with E-state index in [9.17, 15) is 24.5 Å². The van der Waals surface area contributed by atoms with Crippen molar-refractivity contribution >= 4 is 29.5 Å². The lowest BCUT2D eigenvalue weighted by atomic mass is 9.43. The van der Waals surface area contributed by atoms with Crippen molar-refractivity contribution in [2.45, 2.75) is 17.3 Å². The van der Waals surface area contributed by atoms with Crippen LogP contribution in [0.4, 0.5) is 5.69 Å². The first-order chi connectivity index (χ1) is 18.4. The molecule has 8 heteroatoms. The molecule has 3 aromatic rings. The van der Waals surface area contributed by atoms with E-state index < -0.39 is 22.7 Å². The van der Waals surface area contributed by atoms with Crippen LogP contribution in [-0.4, -0.2) is 40.8 Å². The van der Waals surface area contributed by atoms with Gasteiger partial charge < -0.3 is 4.74 Å². The largest absolute Gasteiger partial charge is 0.461 e. The van der Waals surface area contributed by atoms with Gasteiger partial charge in [0.2, 0.25) is 11.8 Å². The van der Waals surface area contributed by atoms with E-state index in [4.69, 9.17) is 4.74 Å². The summed E-state index contributed by atoms with van der Waals surface area (Å²) in [7, 11) is 0. The number of carbonyl (C=O) groups excluding carboxylic acids is 3. The van der Waals surface area contributed by atoms with Crippen LogP contribution in [0.1, 0.15) is 39.7 Å². The van der Waals surface area contributed by atoms with E-state index in [0.717, 1.165) is 11.1 Å². The number of benzene rings is 3. The highest BCUT2D eigenvalue weighted by atomic mass is 16.6. The van der Waals surface area contributed by atoms with Gasteiger partial charge in [-0.1, -0.05) is 60.7 Å². The number of esters is 1. The Morgan fingerprint density at radius 2 is 1.53 bits per heavy atom. The van der Waals surface area contributed by atoms with Crippen molar-refractivity contribution in [1.82, 2.24) is 4.90 Å². The molecule has 0 bridgehead atoms. The van der Waals surface area contributed by atoms with Crippen molar-refractivity contribution < 1.29 is 24.0 Å². The minimum Gasteiger partial charge on any atom is -0.461 e. The number of likely N-dealkylation sites (tertiary alicyclic amines) is 1. The summed E-state index contributed by atoms with van der Waals surface area (Å²) >= 11 is 0. The number of hydrogen-bond acceptors (Lipinski definition) is 6. The number of carbonyl (C=O) groups is 3. The number of non-ortho nitro benzene ring substituents is 1. The van der Waals surface area contributed by atoms with Crippen LogP contribution in [0.5, 0.6) is 0 Å². The molecule has 1 heterocycles. The van der Waals surface area contributed by atoms with Gasteiger partial charge in [-0.3, -0.25) is 24.6 Å². The molecule has 4 atom stereocenters. The van der Waals surface area contributed by atoms with E-state index in [0.29, 0.717) is 5.56 Å². The molecule has 0 N–H and O–H groups in total. The molecule has 4 unspecified atom stereocenters. The monoisotopic (exact) mass is 506 g/mol. The zero-order valence-corrected chi connectivity index (χ0v) is 20.2. The molecule has 4 aliphatic rings. The van der Waals surface area contributed by atoms with Crippen LogP contribution < -0.4 is 0 Å². The number of ether oxygens (including phenoxy) is 1. The molecule has 188 valence electrons. The van der Waals surface area contributed by atoms with Gasteiger partial charge in [0.25, 0.3) is 5.69 Å².